The van der Waals surface area contributed by atoms with Crippen molar-refractivity contribution in [3.63, 3.8) is 0 Å². The highest BCUT2D eigenvalue weighted by Gasteiger charge is 2.09. The number of nitrogens with zero attached hydrogens (tertiary/aromatic N) is 2. The minimum absolute atomic E-state index is 0.653. The third-order valence-electron chi connectivity index (χ3n) is 3.14. The van der Waals surface area contributed by atoms with Crippen LogP contribution in [-0.2, 0) is 13.1 Å². The first-order chi connectivity index (χ1) is 9.72. The second-order valence-electron chi connectivity index (χ2n) is 4.84. The molecule has 2 aromatic carbocycles. The maximum atomic E-state index is 6.17. The number of fused-ring (bicyclic) bond motifs is 1. The molecule has 1 aromatic heterocycles. The summed E-state index contributed by atoms with van der Waals surface area (Å²) >= 11 is 6.17. The molecule has 0 N–H and O–H groups in total. The van der Waals surface area contributed by atoms with Gasteiger partial charge in [-0.3, -0.25) is 4.90 Å². The molecule has 0 aliphatic carbocycles. The zero-order valence-electron chi connectivity index (χ0n) is 11.2. The average Bonchev–Trinajstić information content (AvgIpc) is 2.83. The minimum Gasteiger partial charge on any atom is -0.439 e. The van der Waals surface area contributed by atoms with Gasteiger partial charge in [-0.2, -0.15) is 0 Å². The van der Waals surface area contributed by atoms with Crippen molar-refractivity contribution in [2.75, 3.05) is 7.05 Å². The van der Waals surface area contributed by atoms with Gasteiger partial charge in [0.15, 0.2) is 5.58 Å². The van der Waals surface area contributed by atoms with Gasteiger partial charge in [0.1, 0.15) is 5.52 Å². The third-order valence-corrected chi connectivity index (χ3v) is 3.51. The number of para-hydroxylation sites is 2. The van der Waals surface area contributed by atoms with E-state index < -0.39 is 0 Å². The number of halogens is 1. The third kappa shape index (κ3) is 2.84. The lowest BCUT2D eigenvalue weighted by atomic mass is 10.2. The quantitative estimate of drug-likeness (QED) is 0.723. The van der Waals surface area contributed by atoms with Crippen molar-refractivity contribution in [2.24, 2.45) is 0 Å². The van der Waals surface area contributed by atoms with E-state index in [2.05, 4.69) is 9.88 Å². The summed E-state index contributed by atoms with van der Waals surface area (Å²) in [7, 11) is 2.03. The van der Waals surface area contributed by atoms with Crippen molar-refractivity contribution in [3.8, 4) is 0 Å². The Bertz CT molecular complexity index is 690. The number of aromatic nitrogens is 1. The van der Waals surface area contributed by atoms with Gasteiger partial charge in [-0.15, -0.1) is 0 Å². The SMILES string of the molecule is CN(Cc1nc2ccccc2o1)Cc1ccccc1Cl. The molecule has 0 saturated carbocycles. The Labute approximate surface area is 122 Å². The molecule has 4 heteroatoms. The minimum atomic E-state index is 0.653. The number of oxazole rings is 1. The molecule has 0 saturated heterocycles. The first kappa shape index (κ1) is 13.2. The zero-order valence-corrected chi connectivity index (χ0v) is 12.0. The van der Waals surface area contributed by atoms with E-state index in [0.717, 1.165) is 34.1 Å². The van der Waals surface area contributed by atoms with Crippen LogP contribution >= 0.6 is 11.6 Å². The Morgan fingerprint density at radius 3 is 2.60 bits per heavy atom. The van der Waals surface area contributed by atoms with Crippen LogP contribution in [-0.4, -0.2) is 16.9 Å². The lowest BCUT2D eigenvalue weighted by molar-refractivity contribution is 0.285. The number of hydrogen-bond acceptors (Lipinski definition) is 3. The van der Waals surface area contributed by atoms with Crippen LogP contribution in [0.1, 0.15) is 11.5 Å². The standard InChI is InChI=1S/C16H15ClN2O/c1-19(10-12-6-2-3-7-13(12)17)11-16-18-14-8-4-5-9-15(14)20-16/h2-9H,10-11H2,1H3. The van der Waals surface area contributed by atoms with Gasteiger partial charge in [0.05, 0.1) is 6.54 Å². The van der Waals surface area contributed by atoms with Crippen molar-refractivity contribution in [1.29, 1.82) is 0 Å². The monoisotopic (exact) mass is 286 g/mol. The average molecular weight is 287 g/mol. The van der Waals surface area contributed by atoms with Gasteiger partial charge >= 0.3 is 0 Å². The van der Waals surface area contributed by atoms with E-state index in [-0.39, 0.29) is 0 Å². The van der Waals surface area contributed by atoms with Gasteiger partial charge < -0.3 is 4.42 Å². The van der Waals surface area contributed by atoms with Crippen molar-refractivity contribution >= 4 is 22.7 Å². The highest BCUT2D eigenvalue weighted by atomic mass is 35.5. The normalized spacial score (nSPS) is 11.3. The van der Waals surface area contributed by atoms with Gasteiger partial charge in [0.2, 0.25) is 5.89 Å². The summed E-state index contributed by atoms with van der Waals surface area (Å²) in [5.74, 6) is 0.723. The maximum Gasteiger partial charge on any atom is 0.209 e. The van der Waals surface area contributed by atoms with Crippen molar-refractivity contribution in [2.45, 2.75) is 13.1 Å². The molecular formula is C16H15ClN2O. The second kappa shape index (κ2) is 5.65. The second-order valence-corrected chi connectivity index (χ2v) is 5.25. The molecule has 0 spiro atoms. The molecule has 0 atom stereocenters. The largest absolute Gasteiger partial charge is 0.439 e. The number of rotatable bonds is 4. The van der Waals surface area contributed by atoms with Gasteiger partial charge in [0.25, 0.3) is 0 Å². The van der Waals surface area contributed by atoms with Gasteiger partial charge in [-0.25, -0.2) is 4.98 Å². The van der Waals surface area contributed by atoms with Crippen LogP contribution in [0.25, 0.3) is 11.1 Å². The fourth-order valence-corrected chi connectivity index (χ4v) is 2.39. The smallest absolute Gasteiger partial charge is 0.209 e. The van der Waals surface area contributed by atoms with Gasteiger partial charge in [0, 0.05) is 11.6 Å². The fourth-order valence-electron chi connectivity index (χ4n) is 2.19. The summed E-state index contributed by atoms with van der Waals surface area (Å²) in [6.07, 6.45) is 0. The predicted octanol–water partition coefficient (Wildman–Crippen LogP) is 4.11. The van der Waals surface area contributed by atoms with Crippen LogP contribution in [0.2, 0.25) is 5.02 Å². The highest BCUT2D eigenvalue weighted by molar-refractivity contribution is 6.31. The molecule has 0 bridgehead atoms. The molecule has 0 aliphatic rings. The molecule has 102 valence electrons. The molecule has 0 unspecified atom stereocenters. The molecule has 20 heavy (non-hydrogen) atoms. The molecule has 0 aliphatic heterocycles. The van der Waals surface area contributed by atoms with Crippen LogP contribution in [0, 0.1) is 0 Å². The topological polar surface area (TPSA) is 29.3 Å². The van der Waals surface area contributed by atoms with Crippen LogP contribution in [0.4, 0.5) is 0 Å². The summed E-state index contributed by atoms with van der Waals surface area (Å²) in [5, 5.41) is 0.789. The van der Waals surface area contributed by atoms with E-state index >= 15 is 0 Å². The summed E-state index contributed by atoms with van der Waals surface area (Å²) in [4.78, 5) is 6.61. The summed E-state index contributed by atoms with van der Waals surface area (Å²) in [5.41, 5.74) is 2.83. The first-order valence-electron chi connectivity index (χ1n) is 6.49. The Morgan fingerprint density at radius 2 is 1.80 bits per heavy atom. The molecule has 0 fully saturated rings. The van der Waals surface area contributed by atoms with Crippen molar-refractivity contribution in [3.05, 3.63) is 65.0 Å². The summed E-state index contributed by atoms with van der Waals surface area (Å²) in [6.45, 7) is 1.41. The predicted molar refractivity (Wildman–Crippen MR) is 80.6 cm³/mol. The van der Waals surface area contributed by atoms with E-state index in [1.54, 1.807) is 0 Å². The first-order valence-corrected chi connectivity index (χ1v) is 6.86. The van der Waals surface area contributed by atoms with Gasteiger partial charge in [-0.05, 0) is 30.8 Å². The van der Waals surface area contributed by atoms with Crippen LogP contribution < -0.4 is 0 Å². The van der Waals surface area contributed by atoms with E-state index in [1.165, 1.54) is 0 Å². The lowest BCUT2D eigenvalue weighted by Gasteiger charge is -2.15. The summed E-state index contributed by atoms with van der Waals surface area (Å²) < 4.78 is 5.72. The Balaban J connectivity index is 1.72. The van der Waals surface area contributed by atoms with E-state index in [1.807, 2.05) is 55.6 Å². The van der Waals surface area contributed by atoms with Crippen molar-refractivity contribution in [1.82, 2.24) is 9.88 Å². The van der Waals surface area contributed by atoms with E-state index in [4.69, 9.17) is 16.0 Å². The molecule has 3 rings (SSSR count). The lowest BCUT2D eigenvalue weighted by Crippen LogP contribution is -2.17. The molecule has 0 amide bonds. The fraction of sp³-hybridized carbons (Fsp3) is 0.188. The van der Waals surface area contributed by atoms with Crippen LogP contribution in [0.5, 0.6) is 0 Å². The molecule has 3 nitrogen and oxygen atoms in total. The molecular weight excluding hydrogens is 272 g/mol. The Hall–Kier alpha value is -1.84. The van der Waals surface area contributed by atoms with E-state index in [0.29, 0.717) is 6.54 Å². The maximum absolute atomic E-state index is 6.17. The molecule has 0 radical (unpaired) electrons. The summed E-state index contributed by atoms with van der Waals surface area (Å²) in [6, 6.07) is 15.7. The Morgan fingerprint density at radius 1 is 1.05 bits per heavy atom. The number of benzene rings is 2. The number of hydrogen-bond donors (Lipinski definition) is 0. The Kier molecular flexibility index (Phi) is 3.72. The highest BCUT2D eigenvalue weighted by Crippen LogP contribution is 2.19. The van der Waals surface area contributed by atoms with Crippen LogP contribution in [0.3, 0.4) is 0 Å². The molecule has 1 heterocycles. The van der Waals surface area contributed by atoms with E-state index in [9.17, 15) is 0 Å². The van der Waals surface area contributed by atoms with Gasteiger partial charge in [-0.1, -0.05) is 41.9 Å². The molecule has 3 aromatic rings. The van der Waals surface area contributed by atoms with Crippen LogP contribution in [0.15, 0.2) is 52.9 Å². The van der Waals surface area contributed by atoms with Crippen molar-refractivity contribution < 1.29 is 4.42 Å². The zero-order chi connectivity index (χ0) is 13.9.